The number of nitro groups is 1. The van der Waals surface area contributed by atoms with Crippen molar-refractivity contribution >= 4 is 17.1 Å². The number of nitrogen functional groups attached to an aromatic ring is 1. The summed E-state index contributed by atoms with van der Waals surface area (Å²) in [5, 5.41) is 14.3. The number of anilines is 2. The number of pyridine rings is 1. The Morgan fingerprint density at radius 2 is 2.00 bits per heavy atom. The third-order valence-corrected chi connectivity index (χ3v) is 2.88. The Kier molecular flexibility index (Phi) is 4.11. The number of aromatic nitrogens is 1. The lowest BCUT2D eigenvalue weighted by molar-refractivity contribution is -0.383. The molecule has 104 valence electrons. The molecule has 0 radical (unpaired) electrons. The summed E-state index contributed by atoms with van der Waals surface area (Å²) < 4.78 is 0. The van der Waals surface area contributed by atoms with Crippen molar-refractivity contribution in [2.75, 3.05) is 10.7 Å². The molecule has 0 aliphatic heterocycles. The zero-order valence-electron chi connectivity index (χ0n) is 10.9. The van der Waals surface area contributed by atoms with Crippen LogP contribution >= 0.6 is 0 Å². The summed E-state index contributed by atoms with van der Waals surface area (Å²) >= 11 is 0. The highest BCUT2D eigenvalue weighted by molar-refractivity contribution is 5.76. The van der Waals surface area contributed by atoms with E-state index < -0.39 is 4.92 Å². The van der Waals surface area contributed by atoms with E-state index in [2.05, 4.69) is 15.7 Å². The smallest absolute Gasteiger partial charge is 0.316 e. The second-order valence-corrected chi connectivity index (χ2v) is 4.22. The Labute approximate surface area is 116 Å². The number of nitro benzene ring substituents is 1. The van der Waals surface area contributed by atoms with Gasteiger partial charge in [0.2, 0.25) is 0 Å². The van der Waals surface area contributed by atoms with Crippen LogP contribution in [-0.4, -0.2) is 9.91 Å². The number of hydrogen-bond acceptors (Lipinski definition) is 6. The van der Waals surface area contributed by atoms with Crippen molar-refractivity contribution in [3.05, 3.63) is 58.4 Å². The molecule has 1 heterocycles. The highest BCUT2D eigenvalue weighted by Gasteiger charge is 2.20. The van der Waals surface area contributed by atoms with Crippen molar-refractivity contribution in [3.63, 3.8) is 0 Å². The Hall–Kier alpha value is -2.67. The average molecular weight is 273 g/mol. The van der Waals surface area contributed by atoms with Crippen LogP contribution in [0.1, 0.15) is 18.7 Å². The number of para-hydroxylation sites is 1. The maximum absolute atomic E-state index is 11.2. The molecular formula is C13H15N5O2. The molecule has 1 aromatic carbocycles. The van der Waals surface area contributed by atoms with E-state index >= 15 is 0 Å². The average Bonchev–Trinajstić information content (AvgIpc) is 2.47. The van der Waals surface area contributed by atoms with Crippen molar-refractivity contribution in [1.29, 1.82) is 0 Å². The zero-order chi connectivity index (χ0) is 14.5. The van der Waals surface area contributed by atoms with Crippen molar-refractivity contribution in [2.45, 2.75) is 13.0 Å². The lowest BCUT2D eigenvalue weighted by Gasteiger charge is -2.15. The Morgan fingerprint density at radius 3 is 2.60 bits per heavy atom. The summed E-state index contributed by atoms with van der Waals surface area (Å²) in [6.07, 6.45) is 1.68. The Morgan fingerprint density at radius 1 is 1.25 bits per heavy atom. The molecule has 4 N–H and O–H groups in total. The van der Waals surface area contributed by atoms with E-state index in [1.807, 2.05) is 25.1 Å². The number of hydrogen-bond donors (Lipinski definition) is 3. The maximum Gasteiger partial charge on any atom is 0.316 e. The molecule has 0 saturated heterocycles. The molecule has 0 spiro atoms. The molecular weight excluding hydrogens is 258 g/mol. The molecule has 0 bridgehead atoms. The van der Waals surface area contributed by atoms with Crippen LogP contribution in [0.25, 0.3) is 0 Å². The number of nitrogens with zero attached hydrogens (tertiary/aromatic N) is 2. The van der Waals surface area contributed by atoms with Gasteiger partial charge >= 0.3 is 5.69 Å². The first-order chi connectivity index (χ1) is 9.63. The van der Waals surface area contributed by atoms with Gasteiger partial charge in [0.05, 0.1) is 16.7 Å². The highest BCUT2D eigenvalue weighted by Crippen LogP contribution is 2.34. The molecule has 7 nitrogen and oxygen atoms in total. The molecule has 2 aromatic rings. The van der Waals surface area contributed by atoms with E-state index in [1.165, 1.54) is 0 Å². The van der Waals surface area contributed by atoms with E-state index in [-0.39, 0.29) is 17.4 Å². The van der Waals surface area contributed by atoms with Crippen LogP contribution in [0.3, 0.4) is 0 Å². The molecule has 0 aliphatic rings. The standard InChI is InChI=1S/C13H15N5O2/c1-9(10-5-2-3-8-15-10)16-11-6-4-7-12(17-14)13(11)18(19)20/h2-9,16-17H,14H2,1H3. The molecule has 0 saturated carbocycles. The van der Waals surface area contributed by atoms with E-state index in [9.17, 15) is 10.1 Å². The number of nitrogens with one attached hydrogen (secondary N) is 2. The number of nitrogens with two attached hydrogens (primary N) is 1. The third-order valence-electron chi connectivity index (χ3n) is 2.88. The second-order valence-electron chi connectivity index (χ2n) is 4.22. The van der Waals surface area contributed by atoms with Crippen molar-refractivity contribution < 1.29 is 4.92 Å². The largest absolute Gasteiger partial charge is 0.371 e. The van der Waals surface area contributed by atoms with Crippen molar-refractivity contribution in [3.8, 4) is 0 Å². The van der Waals surface area contributed by atoms with Gasteiger partial charge in [-0.1, -0.05) is 12.1 Å². The first kappa shape index (κ1) is 13.8. The summed E-state index contributed by atoms with van der Waals surface area (Å²) in [6, 6.07) is 10.3. The van der Waals surface area contributed by atoms with Gasteiger partial charge in [-0.15, -0.1) is 0 Å². The van der Waals surface area contributed by atoms with Crippen LogP contribution in [0.15, 0.2) is 42.6 Å². The zero-order valence-corrected chi connectivity index (χ0v) is 10.9. The summed E-state index contributed by atoms with van der Waals surface area (Å²) in [4.78, 5) is 14.9. The van der Waals surface area contributed by atoms with Gasteiger partial charge in [0.25, 0.3) is 0 Å². The van der Waals surface area contributed by atoms with Gasteiger partial charge in [0, 0.05) is 6.20 Å². The summed E-state index contributed by atoms with van der Waals surface area (Å²) in [6.45, 7) is 1.88. The van der Waals surface area contributed by atoms with Gasteiger partial charge in [0.15, 0.2) is 0 Å². The Bertz CT molecular complexity index is 603. The lowest BCUT2D eigenvalue weighted by Crippen LogP contribution is -2.13. The van der Waals surface area contributed by atoms with Crippen LogP contribution < -0.4 is 16.6 Å². The normalized spacial score (nSPS) is 11.7. The van der Waals surface area contributed by atoms with Crippen LogP contribution in [-0.2, 0) is 0 Å². The number of hydrazine groups is 1. The molecule has 1 unspecified atom stereocenters. The van der Waals surface area contributed by atoms with Crippen molar-refractivity contribution in [2.24, 2.45) is 5.84 Å². The second kappa shape index (κ2) is 5.98. The van der Waals surface area contributed by atoms with Crippen molar-refractivity contribution in [1.82, 2.24) is 4.98 Å². The minimum absolute atomic E-state index is 0.0854. The molecule has 7 heteroatoms. The predicted octanol–water partition coefficient (Wildman–Crippen LogP) is 2.45. The fourth-order valence-corrected chi connectivity index (χ4v) is 1.91. The maximum atomic E-state index is 11.2. The van der Waals surface area contributed by atoms with E-state index in [0.717, 1.165) is 5.69 Å². The first-order valence-electron chi connectivity index (χ1n) is 6.05. The summed E-state index contributed by atoms with van der Waals surface area (Å²) in [5.74, 6) is 5.30. The molecule has 1 atom stereocenters. The SMILES string of the molecule is CC(Nc1cccc(NN)c1[N+](=O)[O-])c1ccccn1. The lowest BCUT2D eigenvalue weighted by atomic mass is 10.1. The van der Waals surface area contributed by atoms with Crippen LogP contribution in [0.5, 0.6) is 0 Å². The number of rotatable bonds is 5. The highest BCUT2D eigenvalue weighted by atomic mass is 16.6. The summed E-state index contributed by atoms with van der Waals surface area (Å²) in [5.41, 5.74) is 3.70. The minimum atomic E-state index is -0.470. The summed E-state index contributed by atoms with van der Waals surface area (Å²) in [7, 11) is 0. The van der Waals surface area contributed by atoms with Gasteiger partial charge in [-0.05, 0) is 31.2 Å². The van der Waals surface area contributed by atoms with Gasteiger partial charge in [0.1, 0.15) is 11.4 Å². The third kappa shape index (κ3) is 2.83. The molecule has 0 fully saturated rings. The molecule has 1 aromatic heterocycles. The fourth-order valence-electron chi connectivity index (χ4n) is 1.91. The van der Waals surface area contributed by atoms with E-state index in [1.54, 1.807) is 24.4 Å². The van der Waals surface area contributed by atoms with Gasteiger partial charge in [-0.2, -0.15) is 0 Å². The first-order valence-corrected chi connectivity index (χ1v) is 6.05. The number of benzene rings is 1. The molecule has 20 heavy (non-hydrogen) atoms. The molecule has 0 aliphatic carbocycles. The quantitative estimate of drug-likeness (QED) is 0.439. The minimum Gasteiger partial charge on any atom is -0.371 e. The van der Waals surface area contributed by atoms with E-state index in [4.69, 9.17) is 5.84 Å². The van der Waals surface area contributed by atoms with Gasteiger partial charge < -0.3 is 10.7 Å². The fraction of sp³-hybridized carbons (Fsp3) is 0.154. The van der Waals surface area contributed by atoms with E-state index in [0.29, 0.717) is 5.69 Å². The van der Waals surface area contributed by atoms with Gasteiger partial charge in [-0.3, -0.25) is 20.9 Å². The monoisotopic (exact) mass is 273 g/mol. The molecule has 2 rings (SSSR count). The van der Waals surface area contributed by atoms with Crippen LogP contribution in [0, 0.1) is 10.1 Å². The van der Waals surface area contributed by atoms with Crippen LogP contribution in [0.4, 0.5) is 17.1 Å². The predicted molar refractivity (Wildman–Crippen MR) is 77.2 cm³/mol. The van der Waals surface area contributed by atoms with Gasteiger partial charge in [-0.25, -0.2) is 0 Å². The molecule has 0 amide bonds. The Balaban J connectivity index is 2.32. The van der Waals surface area contributed by atoms with Crippen LogP contribution in [0.2, 0.25) is 0 Å². The topological polar surface area (TPSA) is 106 Å².